The Balaban J connectivity index is 2.02. The number of oxime groups is 1. The molecule has 0 bridgehead atoms. The van der Waals surface area contributed by atoms with Crippen molar-refractivity contribution < 1.29 is 14.4 Å². The van der Waals surface area contributed by atoms with Crippen molar-refractivity contribution in [1.82, 2.24) is 0 Å². The van der Waals surface area contributed by atoms with Gasteiger partial charge in [-0.2, -0.15) is 0 Å². The maximum Gasteiger partial charge on any atom is 0.437 e. The smallest absolute Gasteiger partial charge is 0.297 e. The summed E-state index contributed by atoms with van der Waals surface area (Å²) in [4.78, 5) is 27.7. The molecule has 2 rings (SSSR count). The van der Waals surface area contributed by atoms with Gasteiger partial charge < -0.3 is 0 Å². The second-order valence-electron chi connectivity index (χ2n) is 4.37. The Bertz CT molecular complexity index is 604. The van der Waals surface area contributed by atoms with Crippen molar-refractivity contribution in [1.29, 1.82) is 0 Å². The molecule has 5 heteroatoms. The standard InChI is InChI=1S/C15H14N2O3/c1-10-8-13(18)9-11(2)14(10)17-20-15(19)16-12-6-4-3-5-7-12/h3-9H,1-2H3,(H,16,19). The summed E-state index contributed by atoms with van der Waals surface area (Å²) >= 11 is 0. The lowest BCUT2D eigenvalue weighted by Crippen LogP contribution is -2.15. The number of amides is 1. The Labute approximate surface area is 116 Å². The highest BCUT2D eigenvalue weighted by molar-refractivity contribution is 6.22. The number of nitrogens with zero attached hydrogens (tertiary/aromatic N) is 1. The van der Waals surface area contributed by atoms with Crippen LogP contribution in [0.4, 0.5) is 10.5 Å². The van der Waals surface area contributed by atoms with Crippen LogP contribution in [0.2, 0.25) is 0 Å². The Hall–Kier alpha value is -2.69. The van der Waals surface area contributed by atoms with E-state index >= 15 is 0 Å². The largest absolute Gasteiger partial charge is 0.437 e. The number of anilines is 1. The molecule has 1 aliphatic carbocycles. The number of hydrogen-bond acceptors (Lipinski definition) is 4. The van der Waals surface area contributed by atoms with Crippen LogP contribution >= 0.6 is 0 Å². The van der Waals surface area contributed by atoms with E-state index in [0.29, 0.717) is 22.5 Å². The fourth-order valence-electron chi connectivity index (χ4n) is 1.81. The predicted molar refractivity (Wildman–Crippen MR) is 76.5 cm³/mol. The molecular weight excluding hydrogens is 256 g/mol. The summed E-state index contributed by atoms with van der Waals surface area (Å²) in [5, 5.41) is 6.34. The van der Waals surface area contributed by atoms with Gasteiger partial charge in [-0.1, -0.05) is 23.4 Å². The van der Waals surface area contributed by atoms with Crippen LogP contribution in [0.25, 0.3) is 0 Å². The predicted octanol–water partition coefficient (Wildman–Crippen LogP) is 3.07. The number of rotatable bonds is 2. The number of hydrogen-bond donors (Lipinski definition) is 1. The molecule has 0 saturated carbocycles. The Kier molecular flexibility index (Phi) is 4.10. The lowest BCUT2D eigenvalue weighted by molar-refractivity contribution is -0.110. The second kappa shape index (κ2) is 5.97. The van der Waals surface area contributed by atoms with Crippen LogP contribution in [-0.2, 0) is 9.63 Å². The monoisotopic (exact) mass is 270 g/mol. The quantitative estimate of drug-likeness (QED) is 0.510. The first-order valence-electron chi connectivity index (χ1n) is 6.08. The summed E-state index contributed by atoms with van der Waals surface area (Å²) in [5.41, 5.74) is 2.45. The number of nitrogens with one attached hydrogen (secondary N) is 1. The lowest BCUT2D eigenvalue weighted by atomic mass is 9.98. The van der Waals surface area contributed by atoms with Crippen LogP contribution in [0.1, 0.15) is 13.8 Å². The first-order valence-corrected chi connectivity index (χ1v) is 6.08. The number of allylic oxidation sites excluding steroid dienone is 4. The van der Waals surface area contributed by atoms with Crippen LogP contribution in [0, 0.1) is 0 Å². The first kappa shape index (κ1) is 13.7. The lowest BCUT2D eigenvalue weighted by Gasteiger charge is -2.10. The minimum Gasteiger partial charge on any atom is -0.297 e. The van der Waals surface area contributed by atoms with E-state index in [-0.39, 0.29) is 5.78 Å². The van der Waals surface area contributed by atoms with Crippen LogP contribution in [0.3, 0.4) is 0 Å². The van der Waals surface area contributed by atoms with Crippen LogP contribution < -0.4 is 5.32 Å². The third-order valence-electron chi connectivity index (χ3n) is 2.70. The van der Waals surface area contributed by atoms with Crippen LogP contribution in [-0.4, -0.2) is 17.6 Å². The molecule has 1 aliphatic rings. The van der Waals surface area contributed by atoms with Gasteiger partial charge in [-0.25, -0.2) is 4.79 Å². The molecule has 1 aromatic carbocycles. The summed E-state index contributed by atoms with van der Waals surface area (Å²) in [6, 6.07) is 8.92. The second-order valence-corrected chi connectivity index (χ2v) is 4.37. The molecule has 0 radical (unpaired) electrons. The molecule has 0 heterocycles. The number of benzene rings is 1. The molecule has 20 heavy (non-hydrogen) atoms. The SMILES string of the molecule is CC1=CC(=O)C=C(C)C1=NOC(=O)Nc1ccccc1. The normalized spacial score (nSPS) is 14.3. The summed E-state index contributed by atoms with van der Waals surface area (Å²) < 4.78 is 0. The Morgan fingerprint density at radius 1 is 1.10 bits per heavy atom. The summed E-state index contributed by atoms with van der Waals surface area (Å²) in [6.45, 7) is 3.48. The number of ketones is 1. The minimum atomic E-state index is -0.679. The van der Waals surface area contributed by atoms with Crippen molar-refractivity contribution in [2.45, 2.75) is 13.8 Å². The van der Waals surface area contributed by atoms with E-state index in [1.165, 1.54) is 12.2 Å². The van der Waals surface area contributed by atoms with E-state index < -0.39 is 6.09 Å². The number of carbonyl (C=O) groups excluding carboxylic acids is 2. The maximum absolute atomic E-state index is 11.6. The molecule has 0 fully saturated rings. The van der Waals surface area contributed by atoms with Crippen molar-refractivity contribution in [2.75, 3.05) is 5.32 Å². The first-order chi connectivity index (χ1) is 9.56. The molecule has 1 amide bonds. The average Bonchev–Trinajstić information content (AvgIpc) is 2.38. The van der Waals surface area contributed by atoms with E-state index in [1.54, 1.807) is 38.1 Å². The van der Waals surface area contributed by atoms with Gasteiger partial charge >= 0.3 is 6.09 Å². The van der Waals surface area contributed by atoms with E-state index in [0.717, 1.165) is 0 Å². The van der Waals surface area contributed by atoms with Crippen molar-refractivity contribution in [3.8, 4) is 0 Å². The van der Waals surface area contributed by atoms with E-state index in [4.69, 9.17) is 4.84 Å². The fourth-order valence-corrected chi connectivity index (χ4v) is 1.81. The van der Waals surface area contributed by atoms with Gasteiger partial charge in [-0.15, -0.1) is 0 Å². The van der Waals surface area contributed by atoms with Crippen molar-refractivity contribution in [3.05, 3.63) is 53.6 Å². The van der Waals surface area contributed by atoms with Crippen LogP contribution in [0.5, 0.6) is 0 Å². The maximum atomic E-state index is 11.6. The van der Waals surface area contributed by atoms with Crippen LogP contribution in [0.15, 0.2) is 58.8 Å². The average molecular weight is 270 g/mol. The summed E-state index contributed by atoms with van der Waals surface area (Å²) in [5.74, 6) is -0.0901. The van der Waals surface area contributed by atoms with Crippen molar-refractivity contribution in [2.24, 2.45) is 5.16 Å². The van der Waals surface area contributed by atoms with Gasteiger partial charge in [0.25, 0.3) is 0 Å². The van der Waals surface area contributed by atoms with Gasteiger partial charge in [0.2, 0.25) is 0 Å². The summed E-state index contributed by atoms with van der Waals surface area (Å²) in [7, 11) is 0. The molecule has 0 unspecified atom stereocenters. The molecule has 5 nitrogen and oxygen atoms in total. The zero-order valence-electron chi connectivity index (χ0n) is 11.2. The zero-order chi connectivity index (χ0) is 14.5. The molecule has 0 aromatic heterocycles. The molecule has 0 atom stereocenters. The number of para-hydroxylation sites is 1. The van der Waals surface area contributed by atoms with Crippen molar-refractivity contribution >= 4 is 23.3 Å². The van der Waals surface area contributed by atoms with Gasteiger partial charge in [0.15, 0.2) is 5.78 Å². The highest BCUT2D eigenvalue weighted by Crippen LogP contribution is 2.14. The van der Waals surface area contributed by atoms with Gasteiger partial charge in [-0.05, 0) is 49.3 Å². The van der Waals surface area contributed by atoms with E-state index in [1.807, 2.05) is 6.07 Å². The Morgan fingerprint density at radius 3 is 2.30 bits per heavy atom. The molecule has 0 saturated heterocycles. The van der Waals surface area contributed by atoms with Gasteiger partial charge in [-0.3, -0.25) is 14.9 Å². The van der Waals surface area contributed by atoms with Crippen molar-refractivity contribution in [3.63, 3.8) is 0 Å². The molecule has 102 valence electrons. The fraction of sp³-hybridized carbons (Fsp3) is 0.133. The third kappa shape index (κ3) is 3.41. The van der Waals surface area contributed by atoms with Gasteiger partial charge in [0.05, 0.1) is 0 Å². The summed E-state index contributed by atoms with van der Waals surface area (Å²) in [6.07, 6.45) is 2.22. The minimum absolute atomic E-state index is 0.0901. The topological polar surface area (TPSA) is 67.8 Å². The molecule has 0 aliphatic heterocycles. The molecular formula is C15H14N2O3. The zero-order valence-corrected chi connectivity index (χ0v) is 11.2. The highest BCUT2D eigenvalue weighted by Gasteiger charge is 2.14. The molecule has 1 N–H and O–H groups in total. The Morgan fingerprint density at radius 2 is 1.70 bits per heavy atom. The van der Waals surface area contributed by atoms with E-state index in [9.17, 15) is 9.59 Å². The van der Waals surface area contributed by atoms with Gasteiger partial charge in [0.1, 0.15) is 5.71 Å². The molecule has 1 aromatic rings. The number of carbonyl (C=O) groups is 2. The molecule has 0 spiro atoms. The van der Waals surface area contributed by atoms with Gasteiger partial charge in [0, 0.05) is 5.69 Å². The third-order valence-corrected chi connectivity index (χ3v) is 2.70. The van der Waals surface area contributed by atoms with E-state index in [2.05, 4.69) is 10.5 Å². The highest BCUT2D eigenvalue weighted by atomic mass is 16.7.